The van der Waals surface area contributed by atoms with E-state index in [1.165, 1.54) is 24.2 Å². The molecule has 96 valence electrons. The second-order valence-electron chi connectivity index (χ2n) is 5.07. The van der Waals surface area contributed by atoms with Crippen LogP contribution in [0.5, 0.6) is 0 Å². The molecule has 2 N–H and O–H groups in total. The molecule has 2 amide bonds. The molecule has 2 aliphatic rings. The van der Waals surface area contributed by atoms with Crippen molar-refractivity contribution in [2.45, 2.75) is 44.6 Å². The van der Waals surface area contributed by atoms with E-state index in [0.29, 0.717) is 6.54 Å². The second-order valence-corrected chi connectivity index (χ2v) is 5.07. The average molecular weight is 240 g/mol. The van der Waals surface area contributed by atoms with Gasteiger partial charge in [-0.1, -0.05) is 12.8 Å². The molecule has 0 unspecified atom stereocenters. The fourth-order valence-electron chi connectivity index (χ4n) is 1.99. The van der Waals surface area contributed by atoms with Gasteiger partial charge in [-0.2, -0.15) is 0 Å². The number of rotatable bonds is 7. The molecule has 0 spiro atoms. The van der Waals surface area contributed by atoms with Crippen molar-refractivity contribution in [1.82, 2.24) is 10.2 Å². The third-order valence-corrected chi connectivity index (χ3v) is 3.32. The zero-order chi connectivity index (χ0) is 12.3. The van der Waals surface area contributed by atoms with Gasteiger partial charge in [-0.3, -0.25) is 4.79 Å². The highest BCUT2D eigenvalue weighted by molar-refractivity contribution is 5.80. The van der Waals surface area contributed by atoms with Crippen LogP contribution >= 0.6 is 0 Å². The van der Waals surface area contributed by atoms with Crippen molar-refractivity contribution in [3.8, 4) is 0 Å². The number of aliphatic carboxylic acids is 1. The molecule has 0 heterocycles. The minimum Gasteiger partial charge on any atom is -0.480 e. The lowest BCUT2D eigenvalue weighted by Gasteiger charge is -2.20. The molecule has 5 nitrogen and oxygen atoms in total. The lowest BCUT2D eigenvalue weighted by atomic mass is 10.2. The summed E-state index contributed by atoms with van der Waals surface area (Å²) in [6, 6.07) is -0.0692. The SMILES string of the molecule is O=C(O)CN(C(=O)NCCCC1CC1)C1CC1. The van der Waals surface area contributed by atoms with Crippen molar-refractivity contribution in [3.05, 3.63) is 0 Å². The molecule has 2 aliphatic carbocycles. The molecule has 5 heteroatoms. The highest BCUT2D eigenvalue weighted by Crippen LogP contribution is 2.33. The van der Waals surface area contributed by atoms with Crippen LogP contribution in [0.15, 0.2) is 0 Å². The van der Waals surface area contributed by atoms with Gasteiger partial charge in [-0.25, -0.2) is 4.79 Å². The summed E-state index contributed by atoms with van der Waals surface area (Å²) >= 11 is 0. The number of hydrogen-bond donors (Lipinski definition) is 2. The Morgan fingerprint density at radius 1 is 1.24 bits per heavy atom. The minimum absolute atomic E-state index is 0.148. The minimum atomic E-state index is -0.940. The number of hydrogen-bond acceptors (Lipinski definition) is 2. The first kappa shape index (κ1) is 12.2. The first-order valence-corrected chi connectivity index (χ1v) is 6.43. The fraction of sp³-hybridized carbons (Fsp3) is 0.833. The number of nitrogens with one attached hydrogen (secondary N) is 1. The van der Waals surface area contributed by atoms with E-state index in [1.807, 2.05) is 0 Å². The summed E-state index contributed by atoms with van der Waals surface area (Å²) in [5.74, 6) is -0.0597. The summed E-state index contributed by atoms with van der Waals surface area (Å²) in [6.07, 6.45) is 6.72. The van der Waals surface area contributed by atoms with Crippen LogP contribution in [0.4, 0.5) is 4.79 Å². The van der Waals surface area contributed by atoms with Crippen LogP contribution in [-0.4, -0.2) is 41.1 Å². The van der Waals surface area contributed by atoms with E-state index in [1.54, 1.807) is 0 Å². The van der Waals surface area contributed by atoms with E-state index in [-0.39, 0.29) is 18.6 Å². The molecular weight excluding hydrogens is 220 g/mol. The molecular formula is C12H20N2O3. The molecule has 17 heavy (non-hydrogen) atoms. The Labute approximate surface area is 101 Å². The monoisotopic (exact) mass is 240 g/mol. The maximum absolute atomic E-state index is 11.8. The van der Waals surface area contributed by atoms with Crippen LogP contribution < -0.4 is 5.32 Å². The van der Waals surface area contributed by atoms with Crippen LogP contribution in [0.2, 0.25) is 0 Å². The Hall–Kier alpha value is -1.26. The van der Waals surface area contributed by atoms with Crippen molar-refractivity contribution in [2.75, 3.05) is 13.1 Å². The van der Waals surface area contributed by atoms with Gasteiger partial charge in [0.1, 0.15) is 6.54 Å². The summed E-state index contributed by atoms with van der Waals surface area (Å²) in [4.78, 5) is 23.9. The molecule has 0 atom stereocenters. The number of carbonyl (C=O) groups is 2. The zero-order valence-electron chi connectivity index (χ0n) is 10.0. The third kappa shape index (κ3) is 4.24. The maximum Gasteiger partial charge on any atom is 0.323 e. The Kier molecular flexibility index (Phi) is 3.86. The molecule has 2 saturated carbocycles. The van der Waals surface area contributed by atoms with E-state index in [2.05, 4.69) is 5.32 Å². The van der Waals surface area contributed by atoms with Crippen LogP contribution in [0.1, 0.15) is 38.5 Å². The zero-order valence-corrected chi connectivity index (χ0v) is 10.0. The number of carbonyl (C=O) groups excluding carboxylic acids is 1. The lowest BCUT2D eigenvalue weighted by Crippen LogP contribution is -2.44. The van der Waals surface area contributed by atoms with E-state index in [0.717, 1.165) is 25.2 Å². The summed E-state index contributed by atoms with van der Waals surface area (Å²) in [7, 11) is 0. The molecule has 2 rings (SSSR count). The van der Waals surface area contributed by atoms with Crippen molar-refractivity contribution < 1.29 is 14.7 Å². The Morgan fingerprint density at radius 3 is 2.47 bits per heavy atom. The predicted molar refractivity (Wildman–Crippen MR) is 62.7 cm³/mol. The fourth-order valence-corrected chi connectivity index (χ4v) is 1.99. The molecule has 0 saturated heterocycles. The van der Waals surface area contributed by atoms with Crippen molar-refractivity contribution in [3.63, 3.8) is 0 Å². The second kappa shape index (κ2) is 5.38. The van der Waals surface area contributed by atoms with Gasteiger partial charge in [0, 0.05) is 12.6 Å². The number of amides is 2. The first-order chi connectivity index (χ1) is 8.16. The van der Waals surface area contributed by atoms with Crippen LogP contribution in [0.25, 0.3) is 0 Å². The van der Waals surface area contributed by atoms with E-state index < -0.39 is 5.97 Å². The lowest BCUT2D eigenvalue weighted by molar-refractivity contribution is -0.137. The standard InChI is InChI=1S/C12H20N2O3/c15-11(16)8-14(10-5-6-10)12(17)13-7-1-2-9-3-4-9/h9-10H,1-8H2,(H,13,17)(H,15,16). The van der Waals surface area contributed by atoms with Gasteiger partial charge in [0.2, 0.25) is 0 Å². The highest BCUT2D eigenvalue weighted by atomic mass is 16.4. The van der Waals surface area contributed by atoms with Crippen molar-refractivity contribution >= 4 is 12.0 Å². The van der Waals surface area contributed by atoms with E-state index in [9.17, 15) is 9.59 Å². The summed E-state index contributed by atoms with van der Waals surface area (Å²) in [5.41, 5.74) is 0. The van der Waals surface area contributed by atoms with Gasteiger partial charge in [0.05, 0.1) is 0 Å². The molecule has 0 bridgehead atoms. The first-order valence-electron chi connectivity index (χ1n) is 6.43. The molecule has 0 aromatic carbocycles. The van der Waals surface area contributed by atoms with Gasteiger partial charge in [-0.05, 0) is 31.6 Å². The van der Waals surface area contributed by atoms with Crippen LogP contribution in [0, 0.1) is 5.92 Å². The third-order valence-electron chi connectivity index (χ3n) is 3.32. The highest BCUT2D eigenvalue weighted by Gasteiger charge is 2.33. The largest absolute Gasteiger partial charge is 0.480 e. The molecule has 2 fully saturated rings. The number of urea groups is 1. The Morgan fingerprint density at radius 2 is 1.94 bits per heavy atom. The Balaban J connectivity index is 1.65. The van der Waals surface area contributed by atoms with Crippen LogP contribution in [-0.2, 0) is 4.79 Å². The summed E-state index contributed by atoms with van der Waals surface area (Å²) in [5, 5.41) is 11.6. The predicted octanol–water partition coefficient (Wildman–Crippen LogP) is 1.44. The van der Waals surface area contributed by atoms with E-state index >= 15 is 0 Å². The average Bonchev–Trinajstić information content (AvgIpc) is 3.14. The van der Waals surface area contributed by atoms with Gasteiger partial charge < -0.3 is 15.3 Å². The van der Waals surface area contributed by atoms with Crippen molar-refractivity contribution in [2.24, 2.45) is 5.92 Å². The normalized spacial score (nSPS) is 18.8. The van der Waals surface area contributed by atoms with Crippen LogP contribution in [0.3, 0.4) is 0 Å². The summed E-state index contributed by atoms with van der Waals surface area (Å²) < 4.78 is 0. The van der Waals surface area contributed by atoms with Gasteiger partial charge in [0.25, 0.3) is 0 Å². The molecule has 0 aromatic heterocycles. The number of carboxylic acids is 1. The molecule has 0 aliphatic heterocycles. The van der Waals surface area contributed by atoms with Gasteiger partial charge in [-0.15, -0.1) is 0 Å². The Bertz CT molecular complexity index is 298. The molecule has 0 radical (unpaired) electrons. The van der Waals surface area contributed by atoms with Gasteiger partial charge >= 0.3 is 12.0 Å². The van der Waals surface area contributed by atoms with E-state index in [4.69, 9.17) is 5.11 Å². The number of nitrogens with zero attached hydrogens (tertiary/aromatic N) is 1. The van der Waals surface area contributed by atoms with Gasteiger partial charge in [0.15, 0.2) is 0 Å². The van der Waals surface area contributed by atoms with Crippen molar-refractivity contribution in [1.29, 1.82) is 0 Å². The maximum atomic E-state index is 11.8. The molecule has 0 aromatic rings. The topological polar surface area (TPSA) is 69.6 Å². The number of carboxylic acid groups (broad SMARTS) is 1. The quantitative estimate of drug-likeness (QED) is 0.661. The summed E-state index contributed by atoms with van der Waals surface area (Å²) in [6.45, 7) is 0.483. The smallest absolute Gasteiger partial charge is 0.323 e.